The minimum Gasteiger partial charge on any atom is -0.493 e. The number of aromatic amines is 2. The third-order valence-electron chi connectivity index (χ3n) is 17.4. The normalized spacial score (nSPS) is 13.8. The largest absolute Gasteiger partial charge is 0.493 e. The van der Waals surface area contributed by atoms with Crippen molar-refractivity contribution in [3.05, 3.63) is 192 Å². The summed E-state index contributed by atoms with van der Waals surface area (Å²) in [4.78, 5) is 91.5. The molecule has 0 radical (unpaired) electrons. The maximum atomic E-state index is 13.1. The number of benzene rings is 3. The highest BCUT2D eigenvalue weighted by Crippen LogP contribution is 2.41. The summed E-state index contributed by atoms with van der Waals surface area (Å²) in [7, 11) is 9.09. The molecule has 2 aliphatic carbocycles. The molecule has 5 N–H and O–H groups in total. The molecule has 1 saturated carbocycles. The molecule has 0 atom stereocenters. The summed E-state index contributed by atoms with van der Waals surface area (Å²) in [5.74, 6) is 3.06. The Labute approximate surface area is 569 Å². The van der Waals surface area contributed by atoms with E-state index in [1.54, 1.807) is 75.2 Å². The van der Waals surface area contributed by atoms with Crippen LogP contribution in [0.4, 0.5) is 34.9 Å². The van der Waals surface area contributed by atoms with E-state index in [9.17, 15) is 14.4 Å². The molecule has 3 aliphatic rings. The standard InChI is InChI=1S/C26H28N6O2.C25H27N5O2.C24H25N7O/c1-26(9-4-10-26)16-34-19-7-11-27-22(15-19)21-8-12-28-25(31-21)29-18-5-6-20-17(13-18)14-23(30-20)24(33)32(2)3;1-4-5-12-32-21-8-10-26-23(16-21)22-9-11-27-25(29-22)28-20-7-6-17-13-19(14-18(17)15-20)24(31)30(2)3;1-16-18-15-17(27-24-26-10-8-21(29-24)20-5-3-4-9-25-20)6-7-19(18)28-22(16)23(32)31-13-11-30(2)12-14-31/h5-8,11-15,30H,4,9-10,16H2,1-3H3,(H,28,29,31);6-11,13,15-16H,4-5,12,14H2,1-3H3,(H,27,28,29);3-10,15,28H,11-14H2,1-2H3,(H,26,27,29). The third-order valence-corrected chi connectivity index (χ3v) is 17.4. The van der Waals surface area contributed by atoms with Crippen LogP contribution in [-0.2, 0) is 11.2 Å². The van der Waals surface area contributed by atoms with Crippen LogP contribution in [0.2, 0.25) is 0 Å². The van der Waals surface area contributed by atoms with Gasteiger partial charge in [-0.3, -0.25) is 29.3 Å². The molecule has 98 heavy (non-hydrogen) atoms. The number of piperazine rings is 1. The van der Waals surface area contributed by atoms with Crippen molar-refractivity contribution in [2.75, 3.05) is 90.6 Å². The monoisotopic (exact) mass is 1310 g/mol. The smallest absolute Gasteiger partial charge is 0.270 e. The maximum Gasteiger partial charge on any atom is 0.270 e. The van der Waals surface area contributed by atoms with E-state index < -0.39 is 0 Å². The molecule has 1 aliphatic heterocycles. The fourth-order valence-corrected chi connectivity index (χ4v) is 11.6. The summed E-state index contributed by atoms with van der Waals surface area (Å²) < 4.78 is 11.8. The number of carbonyl (C=O) groups is 3. The number of ether oxygens (including phenoxy) is 2. The molecular formula is C75H80N18O5. The van der Waals surface area contributed by atoms with Gasteiger partial charge in [-0.25, -0.2) is 29.9 Å². The van der Waals surface area contributed by atoms with Crippen molar-refractivity contribution in [2.24, 2.45) is 5.41 Å². The van der Waals surface area contributed by atoms with Gasteiger partial charge < -0.3 is 55.0 Å². The Kier molecular flexibility index (Phi) is 20.4. The van der Waals surface area contributed by atoms with Crippen LogP contribution in [0.1, 0.15) is 83.6 Å². The van der Waals surface area contributed by atoms with Crippen molar-refractivity contribution < 1.29 is 23.9 Å². The maximum absolute atomic E-state index is 13.1. The molecule has 8 aromatic heterocycles. The van der Waals surface area contributed by atoms with E-state index in [-0.39, 0.29) is 23.1 Å². The molecule has 9 heterocycles. The number of rotatable bonds is 19. The van der Waals surface area contributed by atoms with E-state index in [4.69, 9.17) is 9.47 Å². The number of aromatic nitrogens is 11. The van der Waals surface area contributed by atoms with Crippen LogP contribution in [0.15, 0.2) is 164 Å². The van der Waals surface area contributed by atoms with Crippen molar-refractivity contribution in [1.29, 1.82) is 0 Å². The number of amides is 3. The number of carbonyl (C=O) groups excluding carboxylic acids is 3. The molecule has 0 spiro atoms. The van der Waals surface area contributed by atoms with Crippen molar-refractivity contribution in [2.45, 2.75) is 59.3 Å². The molecule has 3 amide bonds. The lowest BCUT2D eigenvalue weighted by molar-refractivity contribution is -0.124. The van der Waals surface area contributed by atoms with Gasteiger partial charge in [0.05, 0.1) is 47.4 Å². The van der Waals surface area contributed by atoms with Crippen LogP contribution in [0, 0.1) is 12.3 Å². The van der Waals surface area contributed by atoms with Gasteiger partial charge in [0.15, 0.2) is 0 Å². The van der Waals surface area contributed by atoms with Gasteiger partial charge in [-0.2, -0.15) is 0 Å². The number of hydrogen-bond acceptors (Lipinski definition) is 18. The zero-order valence-electron chi connectivity index (χ0n) is 56.4. The second kappa shape index (κ2) is 30.1. The van der Waals surface area contributed by atoms with Crippen LogP contribution in [0.5, 0.6) is 11.5 Å². The fraction of sp³-hybridized carbons (Fsp3) is 0.280. The molecule has 3 aromatic carbocycles. The average Bonchev–Trinajstić information content (AvgIpc) is 1.63. The van der Waals surface area contributed by atoms with Gasteiger partial charge in [-0.15, -0.1) is 0 Å². The van der Waals surface area contributed by atoms with Crippen LogP contribution in [0.25, 0.3) is 62.0 Å². The van der Waals surface area contributed by atoms with Gasteiger partial charge in [0.1, 0.15) is 22.9 Å². The highest BCUT2D eigenvalue weighted by Gasteiger charge is 2.33. The van der Waals surface area contributed by atoms with Crippen LogP contribution in [0.3, 0.4) is 0 Å². The number of aryl methyl sites for hydroxylation is 1. The molecule has 11 aromatic rings. The summed E-state index contributed by atoms with van der Waals surface area (Å²) in [5, 5.41) is 11.7. The van der Waals surface area contributed by atoms with E-state index in [0.29, 0.717) is 53.6 Å². The molecule has 1 saturated heterocycles. The molecule has 500 valence electrons. The van der Waals surface area contributed by atoms with Gasteiger partial charge in [0, 0.05) is 160 Å². The number of fused-ring (bicyclic) bond motifs is 3. The van der Waals surface area contributed by atoms with E-state index in [2.05, 4.69) is 96.6 Å². The van der Waals surface area contributed by atoms with Crippen molar-refractivity contribution in [3.8, 4) is 45.7 Å². The summed E-state index contributed by atoms with van der Waals surface area (Å²) in [6.07, 6.45) is 18.7. The molecule has 14 rings (SSSR count). The Morgan fingerprint density at radius 1 is 0.582 bits per heavy atom. The average molecular weight is 1310 g/mol. The SMILES string of the molecule is CCCCOc1ccnc(-c2ccnc(Nc3ccc4c(c3)CC(C(=O)N(C)C)=C4)n2)c1.CN(C)C(=O)c1cc2cc(Nc3nccc(-c4cc(OCC5(C)CCC5)ccn4)n3)ccc2[nH]1.Cc1c(C(=O)N2CCN(C)CC2)[nH]c2ccc(Nc3nccc(-c4ccccn4)n3)cc12. The number of hydrogen-bond donors (Lipinski definition) is 5. The summed E-state index contributed by atoms with van der Waals surface area (Å²) in [5.41, 5.74) is 14.2. The Morgan fingerprint density at radius 2 is 1.15 bits per heavy atom. The Balaban J connectivity index is 0.000000140. The highest BCUT2D eigenvalue weighted by molar-refractivity contribution is 6.02. The molecular weight excluding hydrogens is 1230 g/mol. The summed E-state index contributed by atoms with van der Waals surface area (Å²) in [6, 6.07) is 38.4. The van der Waals surface area contributed by atoms with Crippen molar-refractivity contribution in [1.82, 2.24) is 74.4 Å². The zero-order valence-corrected chi connectivity index (χ0v) is 56.4. The lowest BCUT2D eigenvalue weighted by Crippen LogP contribution is -2.47. The molecule has 0 unspecified atom stereocenters. The van der Waals surface area contributed by atoms with Gasteiger partial charge >= 0.3 is 0 Å². The van der Waals surface area contributed by atoms with Crippen LogP contribution >= 0.6 is 0 Å². The highest BCUT2D eigenvalue weighted by atomic mass is 16.5. The topological polar surface area (TPSA) is 266 Å². The second-order valence-electron chi connectivity index (χ2n) is 25.4. The first-order chi connectivity index (χ1) is 47.5. The number of likely N-dealkylation sites (N-methyl/N-ethyl adjacent to an activating group) is 2. The number of H-pyrrole nitrogens is 2. The number of pyridine rings is 3. The molecule has 23 nitrogen and oxygen atoms in total. The zero-order chi connectivity index (χ0) is 68.3. The van der Waals surface area contributed by atoms with Crippen LogP contribution < -0.4 is 25.4 Å². The predicted octanol–water partition coefficient (Wildman–Crippen LogP) is 13.0. The predicted molar refractivity (Wildman–Crippen MR) is 383 cm³/mol. The van der Waals surface area contributed by atoms with E-state index in [1.807, 2.05) is 139 Å². The number of unbranched alkanes of at least 4 members (excludes halogenated alkanes) is 1. The second-order valence-corrected chi connectivity index (χ2v) is 25.4. The third kappa shape index (κ3) is 16.3. The minimum absolute atomic E-state index is 0.0418. The lowest BCUT2D eigenvalue weighted by Gasteiger charge is -2.37. The number of nitrogens with zero attached hydrogens (tertiary/aromatic N) is 13. The summed E-state index contributed by atoms with van der Waals surface area (Å²) in [6.45, 7) is 11.1. The number of nitrogens with one attached hydrogen (secondary N) is 5. The first-order valence-corrected chi connectivity index (χ1v) is 32.9. The molecule has 2 fully saturated rings. The Morgan fingerprint density at radius 3 is 1.74 bits per heavy atom. The van der Waals surface area contributed by atoms with E-state index in [1.165, 1.54) is 19.3 Å². The Hall–Kier alpha value is -11.5. The minimum atomic E-state index is -0.0674. The Bertz CT molecular complexity index is 4690. The summed E-state index contributed by atoms with van der Waals surface area (Å²) >= 11 is 0. The first kappa shape index (κ1) is 66.6. The first-order valence-electron chi connectivity index (χ1n) is 32.9. The lowest BCUT2D eigenvalue weighted by atomic mass is 9.71. The van der Waals surface area contributed by atoms with Crippen LogP contribution in [-0.4, -0.2) is 167 Å². The van der Waals surface area contributed by atoms with Gasteiger partial charge in [-0.1, -0.05) is 38.8 Å². The van der Waals surface area contributed by atoms with Gasteiger partial charge in [-0.05, 0) is 153 Å². The molecule has 0 bridgehead atoms. The van der Waals surface area contributed by atoms with E-state index in [0.717, 1.165) is 141 Å². The van der Waals surface area contributed by atoms with Crippen molar-refractivity contribution >= 4 is 80.5 Å². The fourth-order valence-electron chi connectivity index (χ4n) is 11.6. The van der Waals surface area contributed by atoms with Gasteiger partial charge in [0.2, 0.25) is 23.8 Å². The quantitative estimate of drug-likeness (QED) is 0.0471. The van der Waals surface area contributed by atoms with E-state index >= 15 is 0 Å². The van der Waals surface area contributed by atoms with Gasteiger partial charge in [0.25, 0.3) is 11.8 Å². The van der Waals surface area contributed by atoms with Crippen molar-refractivity contribution in [3.63, 3.8) is 0 Å². The molecule has 23 heteroatoms. The number of anilines is 6.